The summed E-state index contributed by atoms with van der Waals surface area (Å²) in [5.74, 6) is 0.163. The van der Waals surface area contributed by atoms with Crippen LogP contribution >= 0.6 is 0 Å². The zero-order valence-corrected chi connectivity index (χ0v) is 20.4. The number of aromatic amines is 1. The zero-order valence-electron chi connectivity index (χ0n) is 20.4. The molecule has 0 aliphatic carbocycles. The molecule has 0 spiro atoms. The van der Waals surface area contributed by atoms with E-state index < -0.39 is 0 Å². The first kappa shape index (κ1) is 22.3. The topological polar surface area (TPSA) is 99.1 Å². The number of nitrogens with zero attached hydrogens (tertiary/aromatic N) is 4. The Hall–Kier alpha value is -4.17. The van der Waals surface area contributed by atoms with Crippen molar-refractivity contribution in [3.63, 3.8) is 0 Å². The maximum absolute atomic E-state index is 13.8. The van der Waals surface area contributed by atoms with Crippen LogP contribution in [0.5, 0.6) is 5.75 Å². The van der Waals surface area contributed by atoms with E-state index in [9.17, 15) is 9.90 Å². The minimum atomic E-state index is -0.0910. The highest BCUT2D eigenvalue weighted by Crippen LogP contribution is 2.38. The molecule has 0 amide bonds. The van der Waals surface area contributed by atoms with E-state index in [0.29, 0.717) is 23.3 Å². The number of aromatic hydroxyl groups is 1. The summed E-state index contributed by atoms with van der Waals surface area (Å²) >= 11 is 0. The molecule has 0 radical (unpaired) electrons. The van der Waals surface area contributed by atoms with E-state index in [1.54, 1.807) is 28.8 Å². The number of hydrogen-bond acceptors (Lipinski definition) is 6. The number of benzene rings is 2. The third-order valence-corrected chi connectivity index (χ3v) is 7.05. The van der Waals surface area contributed by atoms with Crippen LogP contribution in [0.1, 0.15) is 12.6 Å². The van der Waals surface area contributed by atoms with Gasteiger partial charge in [-0.1, -0.05) is 12.1 Å². The fourth-order valence-corrected chi connectivity index (χ4v) is 5.16. The van der Waals surface area contributed by atoms with Gasteiger partial charge < -0.3 is 19.9 Å². The number of hydrogen-bond donors (Lipinski definition) is 3. The molecule has 0 saturated carbocycles. The lowest BCUT2D eigenvalue weighted by atomic mass is 9.95. The molecule has 2 aromatic carbocycles. The molecule has 8 heteroatoms. The first-order valence-electron chi connectivity index (χ1n) is 12.3. The van der Waals surface area contributed by atoms with E-state index in [1.807, 2.05) is 20.0 Å². The number of nitrogens with one attached hydrogen (secondary N) is 2. The molecule has 5 aromatic rings. The summed E-state index contributed by atoms with van der Waals surface area (Å²) in [6.45, 7) is 8.41. The minimum absolute atomic E-state index is 0.0910. The van der Waals surface area contributed by atoms with Crippen molar-refractivity contribution in [1.82, 2.24) is 25.1 Å². The fourth-order valence-electron chi connectivity index (χ4n) is 5.16. The van der Waals surface area contributed by atoms with Crippen molar-refractivity contribution in [2.24, 2.45) is 0 Å². The highest BCUT2D eigenvalue weighted by molar-refractivity contribution is 6.16. The Morgan fingerprint density at radius 2 is 1.64 bits per heavy atom. The second kappa shape index (κ2) is 8.80. The number of piperazine rings is 1. The molecule has 0 atom stereocenters. The number of aromatic nitrogens is 4. The van der Waals surface area contributed by atoms with Crippen LogP contribution in [0.4, 0.5) is 5.69 Å². The Kier molecular flexibility index (Phi) is 5.45. The van der Waals surface area contributed by atoms with E-state index >= 15 is 0 Å². The number of pyridine rings is 2. The number of rotatable bonds is 4. The van der Waals surface area contributed by atoms with Crippen LogP contribution in [0.2, 0.25) is 0 Å². The number of phenols is 1. The Bertz CT molecular complexity index is 1630. The highest BCUT2D eigenvalue weighted by Gasteiger charge is 2.22. The SMILES string of the molecule is CCn1cc(-c2ccc(N3CCNCC3)cc2)c2c(c(-c3ccc(O)cc3)nc3n[nH]c(C)c32)c1=O. The fraction of sp³-hybridized carbons (Fsp3) is 0.250. The second-order valence-corrected chi connectivity index (χ2v) is 9.22. The molecule has 1 aliphatic heterocycles. The van der Waals surface area contributed by atoms with Gasteiger partial charge in [-0.25, -0.2) is 4.98 Å². The molecule has 3 N–H and O–H groups in total. The molecular weight excluding hydrogens is 452 g/mol. The van der Waals surface area contributed by atoms with Gasteiger partial charge in [0.2, 0.25) is 0 Å². The lowest BCUT2D eigenvalue weighted by molar-refractivity contribution is 0.475. The van der Waals surface area contributed by atoms with Crippen molar-refractivity contribution in [1.29, 1.82) is 0 Å². The molecule has 0 unspecified atom stereocenters. The summed E-state index contributed by atoms with van der Waals surface area (Å²) in [5, 5.41) is 23.0. The number of anilines is 1. The van der Waals surface area contributed by atoms with E-state index in [1.165, 1.54) is 5.69 Å². The first-order chi connectivity index (χ1) is 17.5. The summed E-state index contributed by atoms with van der Waals surface area (Å²) in [4.78, 5) is 21.0. The Balaban J connectivity index is 1.65. The Morgan fingerprint density at radius 3 is 2.33 bits per heavy atom. The highest BCUT2D eigenvalue weighted by atomic mass is 16.3. The zero-order chi connectivity index (χ0) is 24.8. The van der Waals surface area contributed by atoms with Gasteiger partial charge in [0, 0.05) is 66.8 Å². The summed E-state index contributed by atoms with van der Waals surface area (Å²) < 4.78 is 1.74. The molecule has 1 aliphatic rings. The van der Waals surface area contributed by atoms with Gasteiger partial charge in [-0.05, 0) is 55.8 Å². The van der Waals surface area contributed by atoms with Gasteiger partial charge in [0.25, 0.3) is 5.56 Å². The number of phenolic OH excluding ortho intramolecular Hbond substituents is 1. The largest absolute Gasteiger partial charge is 0.508 e. The van der Waals surface area contributed by atoms with E-state index in [0.717, 1.165) is 59.3 Å². The normalized spacial score (nSPS) is 14.1. The van der Waals surface area contributed by atoms with Gasteiger partial charge in [0.05, 0.1) is 16.5 Å². The van der Waals surface area contributed by atoms with Crippen molar-refractivity contribution >= 4 is 27.5 Å². The molecule has 1 fully saturated rings. The van der Waals surface area contributed by atoms with Gasteiger partial charge in [-0.3, -0.25) is 9.89 Å². The third-order valence-electron chi connectivity index (χ3n) is 7.05. The monoisotopic (exact) mass is 480 g/mol. The van der Waals surface area contributed by atoms with E-state index in [2.05, 4.69) is 44.7 Å². The maximum Gasteiger partial charge on any atom is 0.260 e. The molecular formula is C28H28N6O2. The van der Waals surface area contributed by atoms with Crippen LogP contribution in [0.25, 0.3) is 44.2 Å². The molecule has 6 rings (SSSR count). The molecule has 1 saturated heterocycles. The molecule has 36 heavy (non-hydrogen) atoms. The lowest BCUT2D eigenvalue weighted by Gasteiger charge is -2.29. The average molecular weight is 481 g/mol. The van der Waals surface area contributed by atoms with E-state index in [-0.39, 0.29) is 11.3 Å². The number of aryl methyl sites for hydroxylation is 2. The van der Waals surface area contributed by atoms with Gasteiger partial charge >= 0.3 is 0 Å². The van der Waals surface area contributed by atoms with Crippen LogP contribution in [0, 0.1) is 6.92 Å². The molecule has 4 heterocycles. The van der Waals surface area contributed by atoms with Crippen molar-refractivity contribution in [2.75, 3.05) is 31.1 Å². The van der Waals surface area contributed by atoms with Crippen molar-refractivity contribution in [3.05, 3.63) is 70.8 Å². The quantitative estimate of drug-likeness (QED) is 0.359. The summed E-state index contributed by atoms with van der Waals surface area (Å²) in [7, 11) is 0. The van der Waals surface area contributed by atoms with Gasteiger partial charge in [-0.15, -0.1) is 0 Å². The molecule has 3 aromatic heterocycles. The predicted molar refractivity (Wildman–Crippen MR) is 144 cm³/mol. The van der Waals surface area contributed by atoms with Crippen molar-refractivity contribution in [2.45, 2.75) is 20.4 Å². The van der Waals surface area contributed by atoms with E-state index in [4.69, 9.17) is 4.98 Å². The Labute approximate surface area is 208 Å². The van der Waals surface area contributed by atoms with Crippen molar-refractivity contribution < 1.29 is 5.11 Å². The Morgan fingerprint density at radius 1 is 0.944 bits per heavy atom. The van der Waals surface area contributed by atoms with Crippen LogP contribution in [0.3, 0.4) is 0 Å². The third kappa shape index (κ3) is 3.61. The van der Waals surface area contributed by atoms with Crippen LogP contribution < -0.4 is 15.8 Å². The summed E-state index contributed by atoms with van der Waals surface area (Å²) in [5.41, 5.74) is 5.86. The molecule has 0 bridgehead atoms. The van der Waals surface area contributed by atoms with Crippen LogP contribution in [-0.4, -0.2) is 51.0 Å². The number of fused-ring (bicyclic) bond motifs is 3. The molecule has 8 nitrogen and oxygen atoms in total. The standard InChI is InChI=1S/C28H28N6O2/c1-3-33-16-22(18-4-8-20(9-5-18)34-14-12-29-13-15-34)24-23-17(2)31-32-27(23)30-26(25(24)28(33)36)19-6-10-21(35)11-7-19/h4-11,16,29,35H,3,12-15H2,1-2H3,(H,30,31,32). The summed E-state index contributed by atoms with van der Waals surface area (Å²) in [6.07, 6.45) is 1.96. The smallest absolute Gasteiger partial charge is 0.260 e. The van der Waals surface area contributed by atoms with Crippen molar-refractivity contribution in [3.8, 4) is 28.1 Å². The predicted octanol–water partition coefficient (Wildman–Crippen LogP) is 4.05. The minimum Gasteiger partial charge on any atom is -0.508 e. The molecule has 182 valence electrons. The van der Waals surface area contributed by atoms with Crippen LogP contribution in [0.15, 0.2) is 59.5 Å². The maximum atomic E-state index is 13.8. The van der Waals surface area contributed by atoms with Gasteiger partial charge in [-0.2, -0.15) is 5.10 Å². The first-order valence-corrected chi connectivity index (χ1v) is 12.3. The lowest BCUT2D eigenvalue weighted by Crippen LogP contribution is -2.43. The number of H-pyrrole nitrogens is 1. The second-order valence-electron chi connectivity index (χ2n) is 9.22. The van der Waals surface area contributed by atoms with Crippen LogP contribution in [-0.2, 0) is 6.54 Å². The average Bonchev–Trinajstić information content (AvgIpc) is 3.30. The van der Waals surface area contributed by atoms with Gasteiger partial charge in [0.1, 0.15) is 5.75 Å². The summed E-state index contributed by atoms with van der Waals surface area (Å²) in [6, 6.07) is 15.4. The van der Waals surface area contributed by atoms with Gasteiger partial charge in [0.15, 0.2) is 5.65 Å².